The van der Waals surface area contributed by atoms with Crippen molar-refractivity contribution in [1.29, 1.82) is 0 Å². The van der Waals surface area contributed by atoms with E-state index < -0.39 is 75.3 Å². The van der Waals surface area contributed by atoms with Crippen LogP contribution in [-0.4, -0.2) is 72.5 Å². The van der Waals surface area contributed by atoms with Gasteiger partial charge in [-0.25, -0.2) is 21.9 Å². The molecular formula is C30H25Cl3F2N4O7S2. The normalized spacial score (nSPS) is 24.2. The molecule has 2 aliphatic rings. The van der Waals surface area contributed by atoms with Crippen LogP contribution in [0.2, 0.25) is 15.1 Å². The Balaban J connectivity index is 1.41. The molecule has 2 aliphatic heterocycles. The summed E-state index contributed by atoms with van der Waals surface area (Å²) in [5, 5.41) is 8.39. The maximum absolute atomic E-state index is 14.4. The first-order valence-corrected chi connectivity index (χ1v) is 18.0. The number of halogens is 5. The van der Waals surface area contributed by atoms with Crippen LogP contribution in [0, 0.1) is 11.6 Å². The van der Waals surface area contributed by atoms with Gasteiger partial charge in [-0.15, -0.1) is 5.10 Å². The second kappa shape index (κ2) is 14.5. The first kappa shape index (κ1) is 35.0. The SMILES string of the molecule is CS(=O)(=O)NC(=O)CO[C@H]1C(n2cc(-c3cc(F)c(Cl)c(F)c3)nn2)[C@H]2OC(c3ccccc3)OCC2O[C@@H]1Sc1ccc(Cl)c(Cl)c1. The average molecular weight is 762 g/mol. The molecule has 6 rings (SSSR count). The lowest BCUT2D eigenvalue weighted by atomic mass is 9.95. The van der Waals surface area contributed by atoms with Crippen molar-refractivity contribution in [2.75, 3.05) is 19.5 Å². The number of carbonyl (C=O) groups is 1. The molecule has 11 nitrogen and oxygen atoms in total. The number of hydrogen-bond acceptors (Lipinski definition) is 10. The third kappa shape index (κ3) is 7.95. The Morgan fingerprint density at radius 1 is 1.06 bits per heavy atom. The Labute approximate surface area is 292 Å². The summed E-state index contributed by atoms with van der Waals surface area (Å²) in [6.07, 6.45) is -1.17. The average Bonchev–Trinajstić information content (AvgIpc) is 3.53. The van der Waals surface area contributed by atoms with Crippen molar-refractivity contribution < 1.29 is 40.9 Å². The number of benzene rings is 3. The minimum Gasteiger partial charge on any atom is -0.362 e. The number of rotatable bonds is 9. The summed E-state index contributed by atoms with van der Waals surface area (Å²) in [5.74, 6) is -2.90. The van der Waals surface area contributed by atoms with E-state index in [-0.39, 0.29) is 22.9 Å². The summed E-state index contributed by atoms with van der Waals surface area (Å²) in [6, 6.07) is 15.2. The van der Waals surface area contributed by atoms with E-state index in [0.29, 0.717) is 9.92 Å². The van der Waals surface area contributed by atoms with Crippen molar-refractivity contribution in [3.8, 4) is 11.3 Å². The summed E-state index contributed by atoms with van der Waals surface area (Å²) in [5.41, 5.74) is -0.0102. The van der Waals surface area contributed by atoms with Crippen molar-refractivity contribution in [2.24, 2.45) is 0 Å². The molecule has 1 aromatic heterocycles. The maximum atomic E-state index is 14.4. The van der Waals surface area contributed by atoms with Gasteiger partial charge in [0.05, 0.1) is 29.1 Å². The highest BCUT2D eigenvalue weighted by molar-refractivity contribution is 7.99. The van der Waals surface area contributed by atoms with Crippen molar-refractivity contribution in [3.63, 3.8) is 0 Å². The van der Waals surface area contributed by atoms with Crippen LogP contribution in [0.5, 0.6) is 0 Å². The van der Waals surface area contributed by atoms with Crippen molar-refractivity contribution in [2.45, 2.75) is 41.0 Å². The lowest BCUT2D eigenvalue weighted by Gasteiger charge is -2.49. The van der Waals surface area contributed by atoms with Gasteiger partial charge in [-0.05, 0) is 30.3 Å². The molecule has 254 valence electrons. The molecule has 2 saturated heterocycles. The van der Waals surface area contributed by atoms with E-state index in [9.17, 15) is 22.0 Å². The van der Waals surface area contributed by atoms with E-state index in [1.807, 2.05) is 35.1 Å². The predicted molar refractivity (Wildman–Crippen MR) is 173 cm³/mol. The fourth-order valence-electron chi connectivity index (χ4n) is 5.27. The number of ether oxygens (including phenoxy) is 4. The second-order valence-electron chi connectivity index (χ2n) is 10.8. The highest BCUT2D eigenvalue weighted by atomic mass is 35.5. The predicted octanol–water partition coefficient (Wildman–Crippen LogP) is 5.82. The van der Waals surface area contributed by atoms with Gasteiger partial charge in [0.2, 0.25) is 10.0 Å². The topological polar surface area (TPSA) is 131 Å². The fraction of sp³-hybridized carbons (Fsp3) is 0.300. The summed E-state index contributed by atoms with van der Waals surface area (Å²) in [4.78, 5) is 13.3. The minimum atomic E-state index is -3.89. The molecule has 18 heteroatoms. The van der Waals surface area contributed by atoms with Crippen LogP contribution in [0.3, 0.4) is 0 Å². The number of hydrogen-bond donors (Lipinski definition) is 1. The van der Waals surface area contributed by atoms with Gasteiger partial charge in [-0.1, -0.05) is 82.1 Å². The number of nitrogens with one attached hydrogen (secondary N) is 1. The molecule has 1 N–H and O–H groups in total. The number of aromatic nitrogens is 3. The van der Waals surface area contributed by atoms with Gasteiger partial charge in [-0.2, -0.15) is 0 Å². The molecule has 0 bridgehead atoms. The molecule has 3 heterocycles. The number of sulfonamides is 1. The van der Waals surface area contributed by atoms with Crippen LogP contribution in [0.4, 0.5) is 8.78 Å². The van der Waals surface area contributed by atoms with Crippen LogP contribution in [-0.2, 0) is 33.8 Å². The van der Waals surface area contributed by atoms with E-state index in [4.69, 9.17) is 53.8 Å². The third-order valence-electron chi connectivity index (χ3n) is 7.33. The van der Waals surface area contributed by atoms with Crippen molar-refractivity contribution in [3.05, 3.63) is 99.1 Å². The monoisotopic (exact) mass is 760 g/mol. The first-order chi connectivity index (χ1) is 22.9. The van der Waals surface area contributed by atoms with Gasteiger partial charge in [0.15, 0.2) is 6.29 Å². The van der Waals surface area contributed by atoms with Crippen LogP contribution in [0.15, 0.2) is 71.8 Å². The molecule has 1 amide bonds. The summed E-state index contributed by atoms with van der Waals surface area (Å²) in [7, 11) is -3.89. The van der Waals surface area contributed by atoms with Crippen LogP contribution in [0.1, 0.15) is 17.9 Å². The summed E-state index contributed by atoms with van der Waals surface area (Å²) >= 11 is 19.3. The van der Waals surface area contributed by atoms with Crippen LogP contribution >= 0.6 is 46.6 Å². The number of thioether (sulfide) groups is 1. The molecule has 2 fully saturated rings. The molecule has 0 saturated carbocycles. The summed E-state index contributed by atoms with van der Waals surface area (Å²) in [6.45, 7) is -0.614. The molecule has 0 spiro atoms. The Morgan fingerprint density at radius 3 is 2.48 bits per heavy atom. The zero-order chi connectivity index (χ0) is 34.2. The lowest BCUT2D eigenvalue weighted by molar-refractivity contribution is -0.309. The quantitative estimate of drug-likeness (QED) is 0.209. The van der Waals surface area contributed by atoms with Gasteiger partial charge in [-0.3, -0.25) is 9.52 Å². The van der Waals surface area contributed by atoms with E-state index in [1.54, 1.807) is 18.2 Å². The zero-order valence-corrected chi connectivity index (χ0v) is 28.5. The molecule has 48 heavy (non-hydrogen) atoms. The molecule has 3 unspecified atom stereocenters. The third-order valence-corrected chi connectivity index (χ3v) is 10.2. The van der Waals surface area contributed by atoms with E-state index >= 15 is 0 Å². The smallest absolute Gasteiger partial charge is 0.259 e. The first-order valence-electron chi connectivity index (χ1n) is 14.1. The number of amides is 1. The molecule has 3 aromatic carbocycles. The number of fused-ring (bicyclic) bond motifs is 1. The number of nitrogens with zero attached hydrogens (tertiary/aromatic N) is 3. The van der Waals surface area contributed by atoms with Crippen LogP contribution in [0.25, 0.3) is 11.3 Å². The Hall–Kier alpha value is -2.86. The van der Waals surface area contributed by atoms with Gasteiger partial charge < -0.3 is 18.9 Å². The van der Waals surface area contributed by atoms with Gasteiger partial charge in [0, 0.05) is 16.0 Å². The highest BCUT2D eigenvalue weighted by Crippen LogP contribution is 2.45. The number of carbonyl (C=O) groups excluding carboxylic acids is 1. The highest BCUT2D eigenvalue weighted by Gasteiger charge is 2.52. The molecular weight excluding hydrogens is 737 g/mol. The zero-order valence-electron chi connectivity index (χ0n) is 24.6. The standard InChI is InChI=1S/C30H25Cl3F2N4O7S2/c1-48(41,42)37-24(40)14-43-28-26(39-12-22(36-38-39)16-9-20(34)25(33)21(35)10-16)27-23(13-44-29(46-27)15-5-3-2-4-6-15)45-30(28)47-17-7-8-18(31)19(32)11-17/h2-12,23,26-30H,13-14H2,1H3,(H,37,40)/t23?,26?,27-,28-,29?,30+/m0/s1. The molecule has 4 aromatic rings. The minimum absolute atomic E-state index is 0.0612. The van der Waals surface area contributed by atoms with E-state index in [0.717, 1.165) is 24.0 Å². The summed E-state index contributed by atoms with van der Waals surface area (Å²) < 4.78 is 80.6. The van der Waals surface area contributed by atoms with Gasteiger partial charge >= 0.3 is 0 Å². The Kier molecular flexibility index (Phi) is 10.6. The maximum Gasteiger partial charge on any atom is 0.259 e. The van der Waals surface area contributed by atoms with Crippen molar-refractivity contribution >= 4 is 62.5 Å². The van der Waals surface area contributed by atoms with Gasteiger partial charge in [0.25, 0.3) is 5.91 Å². The Morgan fingerprint density at radius 2 is 1.79 bits per heavy atom. The molecule has 0 radical (unpaired) electrons. The second-order valence-corrected chi connectivity index (χ2v) is 14.9. The van der Waals surface area contributed by atoms with Gasteiger partial charge in [0.1, 0.15) is 58.7 Å². The molecule has 6 atom stereocenters. The van der Waals surface area contributed by atoms with Crippen molar-refractivity contribution in [1.82, 2.24) is 19.7 Å². The molecule has 0 aliphatic carbocycles. The Bertz CT molecular complexity index is 1900. The van der Waals surface area contributed by atoms with E-state index in [2.05, 4.69) is 10.3 Å². The largest absolute Gasteiger partial charge is 0.362 e. The van der Waals surface area contributed by atoms with E-state index in [1.165, 1.54) is 22.6 Å². The van der Waals surface area contributed by atoms with Crippen LogP contribution < -0.4 is 4.72 Å². The fourth-order valence-corrected chi connectivity index (χ4v) is 7.39. The lowest BCUT2D eigenvalue weighted by Crippen LogP contribution is -2.59.